The van der Waals surface area contributed by atoms with Crippen molar-refractivity contribution in [2.75, 3.05) is 17.7 Å². The molecular weight excluding hydrogens is 330 g/mol. The van der Waals surface area contributed by atoms with Crippen LogP contribution in [0.4, 0.5) is 17.2 Å². The number of methoxy groups -OCH3 is 1. The maximum atomic E-state index is 11.8. The van der Waals surface area contributed by atoms with Gasteiger partial charge in [-0.2, -0.15) is 4.98 Å². The van der Waals surface area contributed by atoms with Crippen molar-refractivity contribution in [3.8, 4) is 5.88 Å². The second-order valence-electron chi connectivity index (χ2n) is 6.51. The third-order valence-corrected chi connectivity index (χ3v) is 4.65. The third-order valence-electron chi connectivity index (χ3n) is 4.65. The van der Waals surface area contributed by atoms with Gasteiger partial charge in [-0.1, -0.05) is 18.9 Å². The Morgan fingerprint density at radius 1 is 1.23 bits per heavy atom. The number of anilines is 3. The summed E-state index contributed by atoms with van der Waals surface area (Å²) < 4.78 is 5.14. The molecule has 0 bridgehead atoms. The maximum absolute atomic E-state index is 11.8. The molecule has 0 saturated heterocycles. The van der Waals surface area contributed by atoms with Crippen molar-refractivity contribution >= 4 is 23.1 Å². The smallest absolute Gasteiger partial charge is 0.250 e. The first kappa shape index (κ1) is 18.0. The zero-order chi connectivity index (χ0) is 18.5. The average molecular weight is 355 g/mol. The van der Waals surface area contributed by atoms with Gasteiger partial charge < -0.3 is 26.8 Å². The van der Waals surface area contributed by atoms with E-state index >= 15 is 0 Å². The van der Waals surface area contributed by atoms with E-state index < -0.39 is 5.91 Å². The number of nitrogens with two attached hydrogens (primary N) is 2. The Labute approximate surface area is 153 Å². The molecule has 1 aliphatic carbocycles. The SMILES string of the molecule is COc1cccc(Nc2cc(N[C@H]3CCCC[C@H]3N)ccc2C(N)=O)n1. The van der Waals surface area contributed by atoms with Crippen LogP contribution in [0.25, 0.3) is 0 Å². The minimum Gasteiger partial charge on any atom is -0.481 e. The van der Waals surface area contributed by atoms with Gasteiger partial charge >= 0.3 is 0 Å². The lowest BCUT2D eigenvalue weighted by molar-refractivity contribution is 0.100. The van der Waals surface area contributed by atoms with E-state index in [4.69, 9.17) is 16.2 Å². The Balaban J connectivity index is 1.85. The van der Waals surface area contributed by atoms with Gasteiger partial charge in [-0.05, 0) is 37.1 Å². The molecule has 7 nitrogen and oxygen atoms in total. The minimum atomic E-state index is -0.503. The monoisotopic (exact) mass is 355 g/mol. The molecule has 3 rings (SSSR count). The van der Waals surface area contributed by atoms with Crippen LogP contribution >= 0.6 is 0 Å². The van der Waals surface area contributed by atoms with Crippen LogP contribution in [-0.2, 0) is 0 Å². The van der Waals surface area contributed by atoms with E-state index in [1.165, 1.54) is 12.8 Å². The van der Waals surface area contributed by atoms with E-state index in [0.717, 1.165) is 18.5 Å². The molecule has 0 aliphatic heterocycles. The van der Waals surface area contributed by atoms with Crippen molar-refractivity contribution in [2.45, 2.75) is 37.8 Å². The predicted octanol–water partition coefficient (Wildman–Crippen LogP) is 2.61. The first-order valence-electron chi connectivity index (χ1n) is 8.81. The zero-order valence-corrected chi connectivity index (χ0v) is 14.9. The van der Waals surface area contributed by atoms with Crippen molar-refractivity contribution < 1.29 is 9.53 Å². The van der Waals surface area contributed by atoms with Crippen molar-refractivity contribution in [1.82, 2.24) is 4.98 Å². The Morgan fingerprint density at radius 3 is 2.77 bits per heavy atom. The number of aromatic nitrogens is 1. The van der Waals surface area contributed by atoms with Gasteiger partial charge in [0.25, 0.3) is 5.91 Å². The van der Waals surface area contributed by atoms with Crippen LogP contribution in [0.2, 0.25) is 0 Å². The second-order valence-corrected chi connectivity index (χ2v) is 6.51. The number of hydrogen-bond donors (Lipinski definition) is 4. The predicted molar refractivity (Wildman–Crippen MR) is 103 cm³/mol. The lowest BCUT2D eigenvalue weighted by Gasteiger charge is -2.30. The van der Waals surface area contributed by atoms with Gasteiger partial charge in [0.15, 0.2) is 0 Å². The lowest BCUT2D eigenvalue weighted by atomic mass is 9.91. The summed E-state index contributed by atoms with van der Waals surface area (Å²) in [7, 11) is 1.55. The first-order valence-corrected chi connectivity index (χ1v) is 8.81. The molecule has 1 aliphatic rings. The average Bonchev–Trinajstić information content (AvgIpc) is 2.64. The topological polar surface area (TPSA) is 115 Å². The molecule has 2 atom stereocenters. The second kappa shape index (κ2) is 8.05. The number of carbonyl (C=O) groups excluding carboxylic acids is 1. The zero-order valence-electron chi connectivity index (χ0n) is 14.9. The number of nitrogens with one attached hydrogen (secondary N) is 2. The number of hydrogen-bond acceptors (Lipinski definition) is 6. The number of amides is 1. The van der Waals surface area contributed by atoms with Gasteiger partial charge in [-0.15, -0.1) is 0 Å². The van der Waals surface area contributed by atoms with Crippen molar-refractivity contribution in [3.05, 3.63) is 42.0 Å². The third kappa shape index (κ3) is 4.23. The number of rotatable bonds is 6. The Morgan fingerprint density at radius 2 is 2.04 bits per heavy atom. The fourth-order valence-electron chi connectivity index (χ4n) is 3.24. The molecule has 26 heavy (non-hydrogen) atoms. The largest absolute Gasteiger partial charge is 0.481 e. The molecule has 1 amide bonds. The number of carbonyl (C=O) groups is 1. The van der Waals surface area contributed by atoms with Gasteiger partial charge in [-0.3, -0.25) is 4.79 Å². The van der Waals surface area contributed by atoms with Crippen LogP contribution in [0.3, 0.4) is 0 Å². The first-order chi connectivity index (χ1) is 12.6. The molecule has 0 unspecified atom stereocenters. The Kier molecular flexibility index (Phi) is 5.58. The van der Waals surface area contributed by atoms with Crippen molar-refractivity contribution in [3.63, 3.8) is 0 Å². The lowest BCUT2D eigenvalue weighted by Crippen LogP contribution is -2.42. The quantitative estimate of drug-likeness (QED) is 0.633. The molecule has 7 heteroatoms. The summed E-state index contributed by atoms with van der Waals surface area (Å²) in [6.07, 6.45) is 4.41. The molecule has 2 aromatic rings. The Bertz CT molecular complexity index is 780. The van der Waals surface area contributed by atoms with E-state index in [0.29, 0.717) is 22.9 Å². The van der Waals surface area contributed by atoms with Crippen LogP contribution in [0.5, 0.6) is 5.88 Å². The molecule has 1 fully saturated rings. The molecule has 6 N–H and O–H groups in total. The molecular formula is C19H25N5O2. The van der Waals surface area contributed by atoms with Crippen LogP contribution < -0.4 is 26.8 Å². The number of nitrogens with zero attached hydrogens (tertiary/aromatic N) is 1. The highest BCUT2D eigenvalue weighted by molar-refractivity contribution is 5.99. The molecule has 1 aromatic heterocycles. The molecule has 0 radical (unpaired) electrons. The van der Waals surface area contributed by atoms with Gasteiger partial charge in [-0.25, -0.2) is 0 Å². The fourth-order valence-corrected chi connectivity index (χ4v) is 3.24. The summed E-state index contributed by atoms with van der Waals surface area (Å²) in [5.41, 5.74) is 13.6. The normalized spacial score (nSPS) is 19.6. The molecule has 138 valence electrons. The van der Waals surface area contributed by atoms with Gasteiger partial charge in [0, 0.05) is 23.8 Å². The minimum absolute atomic E-state index is 0.135. The number of benzene rings is 1. The summed E-state index contributed by atoms with van der Waals surface area (Å²) in [5.74, 6) is 0.549. The summed E-state index contributed by atoms with van der Waals surface area (Å²) in [5, 5.41) is 6.64. The molecule has 1 heterocycles. The van der Waals surface area contributed by atoms with Crippen LogP contribution in [0, 0.1) is 0 Å². The van der Waals surface area contributed by atoms with Crippen molar-refractivity contribution in [2.24, 2.45) is 11.5 Å². The summed E-state index contributed by atoms with van der Waals surface area (Å²) in [4.78, 5) is 16.1. The van der Waals surface area contributed by atoms with E-state index in [1.54, 1.807) is 25.3 Å². The van der Waals surface area contributed by atoms with Crippen LogP contribution in [0.15, 0.2) is 36.4 Å². The number of pyridine rings is 1. The van der Waals surface area contributed by atoms with Gasteiger partial charge in [0.1, 0.15) is 5.82 Å². The highest BCUT2D eigenvalue weighted by Gasteiger charge is 2.22. The van der Waals surface area contributed by atoms with E-state index in [9.17, 15) is 4.79 Å². The highest BCUT2D eigenvalue weighted by Crippen LogP contribution is 2.27. The number of primary amides is 1. The Hall–Kier alpha value is -2.80. The van der Waals surface area contributed by atoms with Crippen LogP contribution in [-0.4, -0.2) is 30.1 Å². The fraction of sp³-hybridized carbons (Fsp3) is 0.368. The molecule has 1 saturated carbocycles. The van der Waals surface area contributed by atoms with Crippen molar-refractivity contribution in [1.29, 1.82) is 0 Å². The summed E-state index contributed by atoms with van der Waals surface area (Å²) in [6.45, 7) is 0. The van der Waals surface area contributed by atoms with E-state index in [1.807, 2.05) is 18.2 Å². The number of ether oxygens (including phenoxy) is 1. The van der Waals surface area contributed by atoms with Gasteiger partial charge in [0.05, 0.1) is 18.4 Å². The molecule has 1 aromatic carbocycles. The maximum Gasteiger partial charge on any atom is 0.250 e. The summed E-state index contributed by atoms with van der Waals surface area (Å²) >= 11 is 0. The van der Waals surface area contributed by atoms with Crippen LogP contribution in [0.1, 0.15) is 36.0 Å². The molecule has 0 spiro atoms. The van der Waals surface area contributed by atoms with E-state index in [-0.39, 0.29) is 12.1 Å². The van der Waals surface area contributed by atoms with E-state index in [2.05, 4.69) is 15.6 Å². The highest BCUT2D eigenvalue weighted by atomic mass is 16.5. The summed E-state index contributed by atoms with van der Waals surface area (Å²) in [6, 6.07) is 11.2. The van der Waals surface area contributed by atoms with Gasteiger partial charge in [0.2, 0.25) is 5.88 Å². The standard InChI is InChI=1S/C19H25N5O2/c1-26-18-8-4-7-17(24-18)23-16-11-12(9-10-13(16)19(21)25)22-15-6-3-2-5-14(15)20/h4,7-11,14-15,22H,2-3,5-6,20H2,1H3,(H2,21,25)(H,23,24)/t14-,15+/m1/s1.